The number of ether oxygens (including phenoxy) is 1. The second-order valence-corrected chi connectivity index (χ2v) is 7.50. The smallest absolute Gasteiger partial charge is 0.392 e. The molecule has 4 rings (SSSR count). The van der Waals surface area contributed by atoms with Crippen molar-refractivity contribution in [1.82, 2.24) is 20.0 Å². The Morgan fingerprint density at radius 3 is 2.86 bits per heavy atom. The van der Waals surface area contributed by atoms with Gasteiger partial charge in [-0.25, -0.2) is 4.68 Å². The molecule has 2 aromatic rings. The number of nitrogens with one attached hydrogen (secondary N) is 1. The summed E-state index contributed by atoms with van der Waals surface area (Å²) in [7, 11) is 3.25. The molecule has 0 radical (unpaired) electrons. The zero-order chi connectivity index (χ0) is 20.9. The number of nitrogens with zero attached hydrogens (tertiary/aromatic N) is 4. The summed E-state index contributed by atoms with van der Waals surface area (Å²) in [6.45, 7) is -0.0285. The van der Waals surface area contributed by atoms with Crippen LogP contribution >= 0.6 is 0 Å². The third-order valence-corrected chi connectivity index (χ3v) is 5.63. The van der Waals surface area contributed by atoms with Gasteiger partial charge in [0.1, 0.15) is 18.0 Å². The zero-order valence-electron chi connectivity index (χ0n) is 15.9. The third kappa shape index (κ3) is 3.38. The van der Waals surface area contributed by atoms with Gasteiger partial charge in [0.25, 0.3) is 0 Å². The Balaban J connectivity index is 1.53. The molecule has 8 nitrogen and oxygen atoms in total. The predicted octanol–water partition coefficient (Wildman–Crippen LogP) is 2.05. The number of alkyl halides is 3. The number of carbonyl (C=O) groups is 2. The van der Waals surface area contributed by atoms with Crippen LogP contribution in [0, 0.1) is 11.8 Å². The molecule has 1 N–H and O–H groups in total. The molecule has 0 bridgehead atoms. The standard InChI is InChI=1S/C18H20F3N5O3/c1-25-13-7-22-26(2)17(13)29-8-9(16(25)28)5-14(27)15-11-6-10(18(19,20)21)3-4-12(11)23-24-15/h7,9-10H,3-6,8H2,1-2H3,(H,23,24)/t9-,10-/m0/s1. The number of rotatable bonds is 3. The van der Waals surface area contributed by atoms with Crippen molar-refractivity contribution in [2.24, 2.45) is 18.9 Å². The first-order valence-corrected chi connectivity index (χ1v) is 9.25. The first kappa shape index (κ1) is 19.5. The van der Waals surface area contributed by atoms with Crippen LogP contribution in [0.25, 0.3) is 0 Å². The van der Waals surface area contributed by atoms with Gasteiger partial charge in [-0.1, -0.05) is 0 Å². The molecule has 1 amide bonds. The number of anilines is 1. The summed E-state index contributed by atoms with van der Waals surface area (Å²) in [6, 6.07) is 0. The quantitative estimate of drug-likeness (QED) is 0.781. The summed E-state index contributed by atoms with van der Waals surface area (Å²) in [5.41, 5.74) is 1.37. The van der Waals surface area contributed by atoms with Gasteiger partial charge in [0, 0.05) is 31.8 Å². The molecular weight excluding hydrogens is 391 g/mol. The van der Waals surface area contributed by atoms with E-state index in [0.717, 1.165) is 0 Å². The molecule has 0 spiro atoms. The Hall–Kier alpha value is -2.85. The summed E-state index contributed by atoms with van der Waals surface area (Å²) >= 11 is 0. The molecule has 3 heterocycles. The number of aryl methyl sites for hydroxylation is 2. The second kappa shape index (κ2) is 6.89. The van der Waals surface area contributed by atoms with Crippen molar-refractivity contribution < 1.29 is 27.5 Å². The molecular formula is C18H20F3N5O3. The predicted molar refractivity (Wildman–Crippen MR) is 94.7 cm³/mol. The van der Waals surface area contributed by atoms with Crippen molar-refractivity contribution in [3.63, 3.8) is 0 Å². The van der Waals surface area contributed by atoms with E-state index in [1.54, 1.807) is 14.1 Å². The highest BCUT2D eigenvalue weighted by Gasteiger charge is 2.43. The number of halogens is 3. The number of hydrogen-bond donors (Lipinski definition) is 1. The Kier molecular flexibility index (Phi) is 4.62. The summed E-state index contributed by atoms with van der Waals surface area (Å²) in [6.07, 6.45) is -3.13. The number of aromatic amines is 1. The van der Waals surface area contributed by atoms with Crippen LogP contribution in [0.3, 0.4) is 0 Å². The number of aromatic nitrogens is 4. The zero-order valence-corrected chi connectivity index (χ0v) is 15.9. The third-order valence-electron chi connectivity index (χ3n) is 5.63. The number of Topliss-reactive ketones (excluding diaryl/α,β-unsaturated/α-hetero) is 1. The van der Waals surface area contributed by atoms with E-state index in [0.29, 0.717) is 22.8 Å². The van der Waals surface area contributed by atoms with Crippen LogP contribution in [0.5, 0.6) is 5.88 Å². The van der Waals surface area contributed by atoms with Crippen LogP contribution in [-0.4, -0.2) is 51.5 Å². The van der Waals surface area contributed by atoms with E-state index >= 15 is 0 Å². The van der Waals surface area contributed by atoms with Crippen LogP contribution < -0.4 is 9.64 Å². The number of fused-ring (bicyclic) bond motifs is 2. The van der Waals surface area contributed by atoms with E-state index in [2.05, 4.69) is 15.3 Å². The van der Waals surface area contributed by atoms with Crippen LogP contribution in [0.15, 0.2) is 6.20 Å². The Bertz CT molecular complexity index is 965. The van der Waals surface area contributed by atoms with E-state index in [9.17, 15) is 22.8 Å². The fourth-order valence-corrected chi connectivity index (χ4v) is 3.93. The Morgan fingerprint density at radius 2 is 2.14 bits per heavy atom. The summed E-state index contributed by atoms with van der Waals surface area (Å²) < 4.78 is 46.6. The highest BCUT2D eigenvalue weighted by atomic mass is 19.4. The molecule has 11 heteroatoms. The van der Waals surface area contributed by atoms with Crippen molar-refractivity contribution >= 4 is 17.4 Å². The molecule has 156 valence electrons. The van der Waals surface area contributed by atoms with E-state index < -0.39 is 23.8 Å². The number of ketones is 1. The highest BCUT2D eigenvalue weighted by Crippen LogP contribution is 2.38. The van der Waals surface area contributed by atoms with E-state index in [4.69, 9.17) is 4.74 Å². The number of carbonyl (C=O) groups excluding carboxylic acids is 2. The lowest BCUT2D eigenvalue weighted by Gasteiger charge is -2.24. The first-order chi connectivity index (χ1) is 13.7. The molecule has 2 aromatic heterocycles. The molecule has 0 aromatic carbocycles. The Labute approximate surface area is 164 Å². The summed E-state index contributed by atoms with van der Waals surface area (Å²) in [4.78, 5) is 27.0. The molecule has 0 unspecified atom stereocenters. The number of H-pyrrole nitrogens is 1. The minimum Gasteiger partial charge on any atom is -0.475 e. The highest BCUT2D eigenvalue weighted by molar-refractivity contribution is 6.02. The van der Waals surface area contributed by atoms with Crippen LogP contribution in [-0.2, 0) is 24.7 Å². The van der Waals surface area contributed by atoms with Crippen molar-refractivity contribution in [2.45, 2.75) is 31.9 Å². The largest absolute Gasteiger partial charge is 0.475 e. The lowest BCUT2D eigenvalue weighted by molar-refractivity contribution is -0.177. The average Bonchev–Trinajstić information content (AvgIpc) is 3.23. The molecule has 0 saturated heterocycles. The van der Waals surface area contributed by atoms with Gasteiger partial charge in [-0.2, -0.15) is 23.4 Å². The molecule has 29 heavy (non-hydrogen) atoms. The summed E-state index contributed by atoms with van der Waals surface area (Å²) in [5, 5.41) is 10.7. The second-order valence-electron chi connectivity index (χ2n) is 7.50. The van der Waals surface area contributed by atoms with Crippen molar-refractivity contribution in [2.75, 3.05) is 18.6 Å². The first-order valence-electron chi connectivity index (χ1n) is 9.25. The minimum absolute atomic E-state index is 0.00664. The molecule has 0 saturated carbocycles. The van der Waals surface area contributed by atoms with Gasteiger partial charge in [0.15, 0.2) is 5.78 Å². The number of hydrogen-bond acceptors (Lipinski definition) is 5. The van der Waals surface area contributed by atoms with Gasteiger partial charge in [-0.15, -0.1) is 0 Å². The van der Waals surface area contributed by atoms with Gasteiger partial charge in [0.05, 0.1) is 18.0 Å². The van der Waals surface area contributed by atoms with Crippen molar-refractivity contribution in [3.05, 3.63) is 23.1 Å². The number of amides is 1. The van der Waals surface area contributed by atoms with Crippen LogP contribution in [0.2, 0.25) is 0 Å². The van der Waals surface area contributed by atoms with E-state index in [1.165, 1.54) is 15.8 Å². The van der Waals surface area contributed by atoms with Crippen molar-refractivity contribution in [3.8, 4) is 5.88 Å². The summed E-state index contributed by atoms with van der Waals surface area (Å²) in [5.74, 6) is -2.63. The van der Waals surface area contributed by atoms with Gasteiger partial charge >= 0.3 is 6.18 Å². The maximum atomic E-state index is 13.1. The van der Waals surface area contributed by atoms with E-state index in [-0.39, 0.29) is 43.9 Å². The topological polar surface area (TPSA) is 93.1 Å². The normalized spacial score (nSPS) is 22.0. The lowest BCUT2D eigenvalue weighted by Crippen LogP contribution is -2.35. The lowest BCUT2D eigenvalue weighted by atomic mass is 9.84. The van der Waals surface area contributed by atoms with Gasteiger partial charge in [0.2, 0.25) is 11.8 Å². The molecule has 2 aliphatic rings. The van der Waals surface area contributed by atoms with Gasteiger partial charge in [-0.05, 0) is 19.3 Å². The minimum atomic E-state index is -4.32. The van der Waals surface area contributed by atoms with Crippen molar-refractivity contribution in [1.29, 1.82) is 0 Å². The molecule has 1 aliphatic heterocycles. The maximum absolute atomic E-state index is 13.1. The average molecular weight is 411 g/mol. The monoisotopic (exact) mass is 411 g/mol. The SMILES string of the molecule is CN1C(=O)[C@@H](CC(=O)c2n[nH]c3c2C[C@@H](C(F)(F)F)CC3)COc2c1cnn2C. The molecule has 1 aliphatic carbocycles. The fraction of sp³-hybridized carbons (Fsp3) is 0.556. The molecule has 0 fully saturated rings. The van der Waals surface area contributed by atoms with Gasteiger partial charge in [-0.3, -0.25) is 14.7 Å². The van der Waals surface area contributed by atoms with Crippen LogP contribution in [0.4, 0.5) is 18.9 Å². The van der Waals surface area contributed by atoms with E-state index in [1.807, 2.05) is 0 Å². The fourth-order valence-electron chi connectivity index (χ4n) is 3.93. The molecule has 2 atom stereocenters. The Morgan fingerprint density at radius 1 is 1.38 bits per heavy atom. The maximum Gasteiger partial charge on any atom is 0.392 e. The van der Waals surface area contributed by atoms with Crippen LogP contribution in [0.1, 0.15) is 34.6 Å². The van der Waals surface area contributed by atoms with Gasteiger partial charge < -0.3 is 9.64 Å².